The number of carbonyl (C=O) groups excluding carboxylic acids is 2. The van der Waals surface area contributed by atoms with Gasteiger partial charge < -0.3 is 15.1 Å². The molecule has 114 valence electrons. The molecular formula is C16H15FN2O3. The highest BCUT2D eigenvalue weighted by Gasteiger charge is 2.14. The van der Waals surface area contributed by atoms with Gasteiger partial charge in [-0.15, -0.1) is 0 Å². The van der Waals surface area contributed by atoms with Crippen LogP contribution >= 0.6 is 0 Å². The Morgan fingerprint density at radius 3 is 2.55 bits per heavy atom. The Hall–Kier alpha value is -2.89. The molecule has 0 fully saturated rings. The first kappa shape index (κ1) is 15.5. The zero-order chi connectivity index (χ0) is 15.9. The van der Waals surface area contributed by atoms with Gasteiger partial charge in [0.15, 0.2) is 0 Å². The van der Waals surface area contributed by atoms with Crippen LogP contribution in [0, 0.1) is 5.82 Å². The number of primary amides is 1. The second kappa shape index (κ2) is 7.21. The Bertz CT molecular complexity index is 663. The van der Waals surface area contributed by atoms with Gasteiger partial charge >= 0.3 is 0 Å². The molecule has 0 aliphatic rings. The van der Waals surface area contributed by atoms with E-state index in [1.54, 1.807) is 12.1 Å². The molecule has 2 aromatic rings. The number of furan rings is 1. The molecule has 1 aromatic heterocycles. The van der Waals surface area contributed by atoms with Crippen LogP contribution in [0.15, 0.2) is 53.2 Å². The van der Waals surface area contributed by atoms with E-state index >= 15 is 0 Å². The van der Waals surface area contributed by atoms with Gasteiger partial charge in [-0.05, 0) is 42.5 Å². The van der Waals surface area contributed by atoms with Crippen LogP contribution in [0.4, 0.5) is 10.1 Å². The molecule has 2 amide bonds. The topological polar surface area (TPSA) is 76.5 Å². The second-order valence-corrected chi connectivity index (χ2v) is 4.53. The summed E-state index contributed by atoms with van der Waals surface area (Å²) in [7, 11) is 0. The van der Waals surface area contributed by atoms with E-state index in [9.17, 15) is 14.0 Å². The predicted octanol–water partition coefficient (Wildman–Crippen LogP) is 2.34. The first-order chi connectivity index (χ1) is 10.6. The third kappa shape index (κ3) is 4.31. The average molecular weight is 302 g/mol. The van der Waals surface area contributed by atoms with E-state index in [1.807, 2.05) is 0 Å². The van der Waals surface area contributed by atoms with Gasteiger partial charge in [0, 0.05) is 24.7 Å². The largest absolute Gasteiger partial charge is 0.465 e. The molecule has 0 aliphatic carbocycles. The Balaban J connectivity index is 2.17. The van der Waals surface area contributed by atoms with Gasteiger partial charge in [-0.2, -0.15) is 0 Å². The molecule has 22 heavy (non-hydrogen) atoms. The summed E-state index contributed by atoms with van der Waals surface area (Å²) in [6.07, 6.45) is 4.35. The van der Waals surface area contributed by atoms with Gasteiger partial charge in [-0.25, -0.2) is 4.39 Å². The van der Waals surface area contributed by atoms with Gasteiger partial charge in [0.25, 0.3) is 5.91 Å². The van der Waals surface area contributed by atoms with Crippen LogP contribution in [0.25, 0.3) is 6.08 Å². The molecule has 2 N–H and O–H groups in total. The summed E-state index contributed by atoms with van der Waals surface area (Å²) >= 11 is 0. The number of rotatable bonds is 6. The highest BCUT2D eigenvalue weighted by Crippen LogP contribution is 2.16. The molecule has 2 rings (SSSR count). The van der Waals surface area contributed by atoms with Gasteiger partial charge in [-0.3, -0.25) is 9.59 Å². The number of benzene rings is 1. The van der Waals surface area contributed by atoms with Gasteiger partial charge in [0.05, 0.1) is 6.26 Å². The van der Waals surface area contributed by atoms with Crippen molar-refractivity contribution in [1.29, 1.82) is 0 Å². The summed E-state index contributed by atoms with van der Waals surface area (Å²) in [5.41, 5.74) is 5.61. The predicted molar refractivity (Wildman–Crippen MR) is 80.3 cm³/mol. The molecule has 0 atom stereocenters. The molecule has 0 bridgehead atoms. The van der Waals surface area contributed by atoms with E-state index < -0.39 is 11.7 Å². The van der Waals surface area contributed by atoms with Crippen molar-refractivity contribution in [3.63, 3.8) is 0 Å². The number of amides is 2. The SMILES string of the molecule is NC(=O)CCN(C(=O)/C=C/c1ccco1)c1ccc(F)cc1. The number of hydrogen-bond donors (Lipinski definition) is 1. The highest BCUT2D eigenvalue weighted by molar-refractivity contribution is 6.04. The van der Waals surface area contributed by atoms with Crippen LogP contribution in [-0.2, 0) is 9.59 Å². The smallest absolute Gasteiger partial charge is 0.251 e. The minimum Gasteiger partial charge on any atom is -0.465 e. The maximum Gasteiger partial charge on any atom is 0.251 e. The molecule has 6 heteroatoms. The van der Waals surface area contributed by atoms with Crippen LogP contribution in [0.1, 0.15) is 12.2 Å². The maximum absolute atomic E-state index is 13.0. The number of carbonyl (C=O) groups is 2. The van der Waals surface area contributed by atoms with E-state index in [0.29, 0.717) is 11.4 Å². The lowest BCUT2D eigenvalue weighted by Gasteiger charge is -2.20. The van der Waals surface area contributed by atoms with Crippen LogP contribution in [0.5, 0.6) is 0 Å². The van der Waals surface area contributed by atoms with Crippen LogP contribution in [0.3, 0.4) is 0 Å². The highest BCUT2D eigenvalue weighted by atomic mass is 19.1. The van der Waals surface area contributed by atoms with Crippen molar-refractivity contribution in [3.8, 4) is 0 Å². The Kier molecular flexibility index (Phi) is 5.08. The third-order valence-corrected chi connectivity index (χ3v) is 2.92. The summed E-state index contributed by atoms with van der Waals surface area (Å²) in [6.45, 7) is 0.113. The summed E-state index contributed by atoms with van der Waals surface area (Å²) in [5, 5.41) is 0. The first-order valence-electron chi connectivity index (χ1n) is 6.63. The van der Waals surface area contributed by atoms with Gasteiger partial charge in [0.2, 0.25) is 5.91 Å². The Morgan fingerprint density at radius 2 is 1.95 bits per heavy atom. The fourth-order valence-corrected chi connectivity index (χ4v) is 1.84. The maximum atomic E-state index is 13.0. The molecule has 0 unspecified atom stereocenters. The minimum absolute atomic E-state index is 0.0116. The van der Waals surface area contributed by atoms with Gasteiger partial charge in [0.1, 0.15) is 11.6 Å². The van der Waals surface area contributed by atoms with Crippen molar-refractivity contribution in [3.05, 3.63) is 60.3 Å². The molecular weight excluding hydrogens is 287 g/mol. The minimum atomic E-state index is -0.519. The number of anilines is 1. The molecule has 0 saturated carbocycles. The van der Waals surface area contributed by atoms with Crippen LogP contribution in [0.2, 0.25) is 0 Å². The van der Waals surface area contributed by atoms with Crippen molar-refractivity contribution in [2.24, 2.45) is 5.73 Å². The molecule has 0 radical (unpaired) electrons. The van der Waals surface area contributed by atoms with Crippen molar-refractivity contribution in [2.75, 3.05) is 11.4 Å². The molecule has 5 nitrogen and oxygen atoms in total. The van der Waals surface area contributed by atoms with Crippen molar-refractivity contribution >= 4 is 23.6 Å². The van der Waals surface area contributed by atoms with Crippen molar-refractivity contribution < 1.29 is 18.4 Å². The quantitative estimate of drug-likeness (QED) is 0.832. The zero-order valence-corrected chi connectivity index (χ0v) is 11.7. The summed E-state index contributed by atoms with van der Waals surface area (Å²) in [5.74, 6) is -0.751. The lowest BCUT2D eigenvalue weighted by molar-refractivity contribution is -0.118. The fraction of sp³-hybridized carbons (Fsp3) is 0.125. The number of nitrogens with two attached hydrogens (primary N) is 1. The van der Waals surface area contributed by atoms with Crippen LogP contribution < -0.4 is 10.6 Å². The van der Waals surface area contributed by atoms with Gasteiger partial charge in [-0.1, -0.05) is 0 Å². The lowest BCUT2D eigenvalue weighted by atomic mass is 10.2. The number of hydrogen-bond acceptors (Lipinski definition) is 3. The second-order valence-electron chi connectivity index (χ2n) is 4.53. The van der Waals surface area contributed by atoms with E-state index in [2.05, 4.69) is 0 Å². The molecule has 1 aromatic carbocycles. The number of halogens is 1. The van der Waals surface area contributed by atoms with E-state index in [4.69, 9.17) is 10.2 Å². The van der Waals surface area contributed by atoms with Crippen molar-refractivity contribution in [2.45, 2.75) is 6.42 Å². The summed E-state index contributed by atoms with van der Waals surface area (Å²) in [6, 6.07) is 8.83. The van der Waals surface area contributed by atoms with E-state index in [1.165, 1.54) is 47.6 Å². The number of nitrogens with zero attached hydrogens (tertiary/aromatic N) is 1. The summed E-state index contributed by atoms with van der Waals surface area (Å²) in [4.78, 5) is 24.6. The first-order valence-corrected chi connectivity index (χ1v) is 6.63. The van der Waals surface area contributed by atoms with E-state index in [-0.39, 0.29) is 18.9 Å². The normalized spacial score (nSPS) is 10.8. The molecule has 0 aliphatic heterocycles. The standard InChI is InChI=1S/C16H15FN2O3/c17-12-3-5-13(6-4-12)19(10-9-15(18)20)16(21)8-7-14-2-1-11-22-14/h1-8,11H,9-10H2,(H2,18,20)/b8-7+. The average Bonchev–Trinajstić information content (AvgIpc) is 3.00. The molecule has 0 saturated heterocycles. The fourth-order valence-electron chi connectivity index (χ4n) is 1.84. The third-order valence-electron chi connectivity index (χ3n) is 2.92. The monoisotopic (exact) mass is 302 g/mol. The summed E-state index contributed by atoms with van der Waals surface area (Å²) < 4.78 is 18.1. The molecule has 0 spiro atoms. The Morgan fingerprint density at radius 1 is 1.23 bits per heavy atom. The Labute approximate surface area is 126 Å². The lowest BCUT2D eigenvalue weighted by Crippen LogP contribution is -2.32. The van der Waals surface area contributed by atoms with E-state index in [0.717, 1.165) is 0 Å². The molecule has 1 heterocycles. The van der Waals surface area contributed by atoms with Crippen LogP contribution in [-0.4, -0.2) is 18.4 Å². The zero-order valence-electron chi connectivity index (χ0n) is 11.7. The van der Waals surface area contributed by atoms with Crippen molar-refractivity contribution in [1.82, 2.24) is 0 Å².